The second kappa shape index (κ2) is 5.63. The number of rotatable bonds is 1. The van der Waals surface area contributed by atoms with Crippen molar-refractivity contribution in [3.8, 4) is 0 Å². The molecule has 17 heavy (non-hydrogen) atoms. The topological polar surface area (TPSA) is 24.4 Å². The van der Waals surface area contributed by atoms with Gasteiger partial charge in [0.2, 0.25) is 0 Å². The summed E-state index contributed by atoms with van der Waals surface area (Å²) in [5.74, 6) is 1.75. The van der Waals surface area contributed by atoms with Crippen LogP contribution in [0.5, 0.6) is 0 Å². The lowest BCUT2D eigenvalue weighted by Gasteiger charge is -2.23. The molecule has 5 heteroatoms. The normalized spacial score (nSPS) is 24.4. The Morgan fingerprint density at radius 3 is 2.88 bits per heavy atom. The Labute approximate surface area is 119 Å². The van der Waals surface area contributed by atoms with Crippen LogP contribution in [0.3, 0.4) is 0 Å². The van der Waals surface area contributed by atoms with E-state index in [1.165, 1.54) is 0 Å². The molecule has 2 rings (SSSR count). The van der Waals surface area contributed by atoms with E-state index in [2.05, 4.69) is 40.1 Å². The molecule has 2 atom stereocenters. The lowest BCUT2D eigenvalue weighted by molar-refractivity contribution is 0.537. The smallest absolute Gasteiger partial charge is 0.161 e. The summed E-state index contributed by atoms with van der Waals surface area (Å²) in [4.78, 5) is 4.62. The van der Waals surface area contributed by atoms with Crippen molar-refractivity contribution in [2.75, 3.05) is 11.1 Å². The Morgan fingerprint density at radius 2 is 2.24 bits per heavy atom. The number of anilines is 1. The summed E-state index contributed by atoms with van der Waals surface area (Å²) in [6, 6.07) is 6.20. The molecular weight excluding hydrogens is 320 g/mol. The van der Waals surface area contributed by atoms with Crippen LogP contribution in [-0.4, -0.2) is 17.0 Å². The fourth-order valence-electron chi connectivity index (χ4n) is 1.46. The Hall–Kier alpha value is -0.190. The summed E-state index contributed by atoms with van der Waals surface area (Å²) in [6.45, 7) is 4.38. The van der Waals surface area contributed by atoms with Crippen molar-refractivity contribution in [2.24, 2.45) is 10.9 Å². The van der Waals surface area contributed by atoms with Gasteiger partial charge in [0.1, 0.15) is 0 Å². The van der Waals surface area contributed by atoms with Gasteiger partial charge in [-0.2, -0.15) is 0 Å². The highest BCUT2D eigenvalue weighted by Gasteiger charge is 2.19. The van der Waals surface area contributed by atoms with Crippen molar-refractivity contribution in [1.82, 2.24) is 0 Å². The second-order valence-corrected chi connectivity index (χ2v) is 6.49. The lowest BCUT2D eigenvalue weighted by atomic mass is 10.1. The first-order valence-corrected chi connectivity index (χ1v) is 7.64. The van der Waals surface area contributed by atoms with E-state index in [1.807, 2.05) is 18.2 Å². The zero-order valence-electron chi connectivity index (χ0n) is 9.71. The number of aliphatic imine (C=N–C) groups is 1. The molecule has 1 aliphatic heterocycles. The van der Waals surface area contributed by atoms with Gasteiger partial charge in [0, 0.05) is 15.9 Å². The molecule has 0 aromatic heterocycles. The van der Waals surface area contributed by atoms with E-state index in [0.717, 1.165) is 21.1 Å². The molecule has 0 spiro atoms. The highest BCUT2D eigenvalue weighted by atomic mass is 79.9. The van der Waals surface area contributed by atoms with E-state index in [4.69, 9.17) is 11.6 Å². The molecule has 0 saturated carbocycles. The Balaban J connectivity index is 2.11. The van der Waals surface area contributed by atoms with Gasteiger partial charge in [0.15, 0.2) is 5.17 Å². The number of thioether (sulfide) groups is 1. The van der Waals surface area contributed by atoms with Gasteiger partial charge in [0.05, 0.1) is 11.1 Å². The zero-order chi connectivity index (χ0) is 12.4. The molecule has 1 aromatic rings. The van der Waals surface area contributed by atoms with Crippen molar-refractivity contribution in [3.63, 3.8) is 0 Å². The third kappa shape index (κ3) is 3.39. The number of nitrogens with zero attached hydrogens (tertiary/aromatic N) is 1. The van der Waals surface area contributed by atoms with Gasteiger partial charge in [-0.05, 0) is 47.0 Å². The van der Waals surface area contributed by atoms with Crippen molar-refractivity contribution in [3.05, 3.63) is 27.7 Å². The summed E-state index contributed by atoms with van der Waals surface area (Å²) in [5, 5.41) is 4.99. The maximum atomic E-state index is 6.05. The van der Waals surface area contributed by atoms with Crippen LogP contribution in [0, 0.1) is 5.92 Å². The Morgan fingerprint density at radius 1 is 1.47 bits per heavy atom. The van der Waals surface area contributed by atoms with Gasteiger partial charge in [-0.25, -0.2) is 0 Å². The van der Waals surface area contributed by atoms with Crippen molar-refractivity contribution < 1.29 is 0 Å². The fraction of sp³-hybridized carbons (Fsp3) is 0.417. The average Bonchev–Trinajstić information content (AvgIpc) is 2.29. The quantitative estimate of drug-likeness (QED) is 0.809. The van der Waals surface area contributed by atoms with Gasteiger partial charge < -0.3 is 5.32 Å². The molecule has 0 bridgehead atoms. The van der Waals surface area contributed by atoms with Crippen LogP contribution in [0.4, 0.5) is 5.69 Å². The summed E-state index contributed by atoms with van der Waals surface area (Å²) in [6.07, 6.45) is 0. The van der Waals surface area contributed by atoms with E-state index in [-0.39, 0.29) is 0 Å². The lowest BCUT2D eigenvalue weighted by Crippen LogP contribution is -2.25. The van der Waals surface area contributed by atoms with E-state index < -0.39 is 0 Å². The van der Waals surface area contributed by atoms with Crippen LogP contribution in [0.25, 0.3) is 0 Å². The summed E-state index contributed by atoms with van der Waals surface area (Å²) < 4.78 is 0.907. The highest BCUT2D eigenvalue weighted by molar-refractivity contribution is 9.10. The first-order chi connectivity index (χ1) is 8.06. The molecule has 2 nitrogen and oxygen atoms in total. The molecule has 0 saturated heterocycles. The molecule has 1 aromatic carbocycles. The Bertz CT molecular complexity index is 450. The number of hydrogen-bond acceptors (Lipinski definition) is 3. The molecule has 0 amide bonds. The van der Waals surface area contributed by atoms with E-state index in [9.17, 15) is 0 Å². The van der Waals surface area contributed by atoms with E-state index in [0.29, 0.717) is 17.0 Å². The minimum atomic E-state index is 0.379. The summed E-state index contributed by atoms with van der Waals surface area (Å²) in [5.41, 5.74) is 0.978. The predicted octanol–water partition coefficient (Wildman–Crippen LogP) is 4.64. The van der Waals surface area contributed by atoms with Gasteiger partial charge >= 0.3 is 0 Å². The predicted molar refractivity (Wildman–Crippen MR) is 81.3 cm³/mol. The summed E-state index contributed by atoms with van der Waals surface area (Å²) in [7, 11) is 0. The van der Waals surface area contributed by atoms with Crippen LogP contribution in [0.15, 0.2) is 27.7 Å². The minimum absolute atomic E-state index is 0.379. The maximum Gasteiger partial charge on any atom is 0.161 e. The zero-order valence-corrected chi connectivity index (χ0v) is 12.9. The van der Waals surface area contributed by atoms with E-state index >= 15 is 0 Å². The van der Waals surface area contributed by atoms with Gasteiger partial charge in [-0.1, -0.05) is 30.3 Å². The molecule has 1 aliphatic rings. The van der Waals surface area contributed by atoms with Crippen molar-refractivity contribution in [1.29, 1.82) is 0 Å². The number of halogens is 2. The molecule has 0 aliphatic carbocycles. The standard InChI is InChI=1S/C12H14BrClN2S/c1-7-6-17-12(15-8(7)2)16-9-3-4-10(13)11(14)5-9/h3-5,7-8H,6H2,1-2H3,(H,15,16). The molecule has 92 valence electrons. The summed E-state index contributed by atoms with van der Waals surface area (Å²) >= 11 is 11.2. The molecule has 2 unspecified atom stereocenters. The van der Waals surface area contributed by atoms with Crippen molar-refractivity contribution >= 4 is 50.1 Å². The minimum Gasteiger partial charge on any atom is -0.335 e. The van der Waals surface area contributed by atoms with Crippen LogP contribution < -0.4 is 5.32 Å². The number of benzene rings is 1. The first-order valence-electron chi connectivity index (χ1n) is 5.49. The van der Waals surface area contributed by atoms with Crippen molar-refractivity contribution in [2.45, 2.75) is 19.9 Å². The number of nitrogens with one attached hydrogen (secondary N) is 1. The van der Waals surface area contributed by atoms with Gasteiger partial charge in [-0.15, -0.1) is 0 Å². The SMILES string of the molecule is CC1CSC(Nc2ccc(Br)c(Cl)c2)=NC1C. The van der Waals surface area contributed by atoms with Crippen LogP contribution in [0.1, 0.15) is 13.8 Å². The highest BCUT2D eigenvalue weighted by Crippen LogP contribution is 2.28. The van der Waals surface area contributed by atoms with E-state index in [1.54, 1.807) is 11.8 Å². The fourth-order valence-corrected chi connectivity index (χ4v) is 3.02. The van der Waals surface area contributed by atoms with Gasteiger partial charge in [-0.3, -0.25) is 4.99 Å². The van der Waals surface area contributed by atoms with Crippen LogP contribution in [0.2, 0.25) is 5.02 Å². The first kappa shape index (κ1) is 13.2. The number of hydrogen-bond donors (Lipinski definition) is 1. The van der Waals surface area contributed by atoms with Crippen LogP contribution >= 0.6 is 39.3 Å². The number of amidine groups is 1. The average molecular weight is 334 g/mol. The second-order valence-electron chi connectivity index (χ2n) is 4.22. The third-order valence-corrected chi connectivity index (χ3v) is 5.20. The van der Waals surface area contributed by atoms with Gasteiger partial charge in [0.25, 0.3) is 0 Å². The monoisotopic (exact) mass is 332 g/mol. The molecule has 1 heterocycles. The molecular formula is C12H14BrClN2S. The molecule has 0 radical (unpaired) electrons. The Kier molecular flexibility index (Phi) is 4.39. The molecule has 0 fully saturated rings. The maximum absolute atomic E-state index is 6.05. The molecule has 1 N–H and O–H groups in total. The third-order valence-electron chi connectivity index (χ3n) is 2.80. The van der Waals surface area contributed by atoms with Crippen LogP contribution in [-0.2, 0) is 0 Å². The largest absolute Gasteiger partial charge is 0.335 e.